The Bertz CT molecular complexity index is 734. The standard InChI is InChI=1S/C23H33N3O2S/c1-4-6-14-24-23(28)26(19(3)5-2)18-22(27)25(17-21-13-10-15-29-21)16-20-11-8-7-9-12-20/h7-13,15,19H,4-6,14,16-18H2,1-3H3,(H,24,28). The van der Waals surface area contributed by atoms with Crippen LogP contribution in [0.1, 0.15) is 50.5 Å². The maximum Gasteiger partial charge on any atom is 0.318 e. The van der Waals surface area contributed by atoms with E-state index in [-0.39, 0.29) is 24.5 Å². The highest BCUT2D eigenvalue weighted by molar-refractivity contribution is 7.09. The second kappa shape index (κ2) is 12.3. The molecule has 2 rings (SSSR count). The van der Waals surface area contributed by atoms with Crippen molar-refractivity contribution in [1.82, 2.24) is 15.1 Å². The van der Waals surface area contributed by atoms with E-state index < -0.39 is 0 Å². The zero-order chi connectivity index (χ0) is 21.1. The molecule has 0 saturated carbocycles. The Hall–Kier alpha value is -2.34. The van der Waals surface area contributed by atoms with Gasteiger partial charge in [0.1, 0.15) is 6.54 Å². The van der Waals surface area contributed by atoms with Gasteiger partial charge >= 0.3 is 6.03 Å². The minimum atomic E-state index is -0.156. The number of carbonyl (C=O) groups excluding carboxylic acids is 2. The van der Waals surface area contributed by atoms with Crippen LogP contribution in [0.25, 0.3) is 0 Å². The summed E-state index contributed by atoms with van der Waals surface area (Å²) in [6.07, 6.45) is 2.76. The Morgan fingerprint density at radius 2 is 1.83 bits per heavy atom. The van der Waals surface area contributed by atoms with Crippen LogP contribution in [0.15, 0.2) is 47.8 Å². The molecular formula is C23H33N3O2S. The fourth-order valence-corrected chi connectivity index (χ4v) is 3.71. The topological polar surface area (TPSA) is 52.7 Å². The molecule has 1 unspecified atom stereocenters. The molecule has 1 heterocycles. The van der Waals surface area contributed by atoms with Gasteiger partial charge in [0.25, 0.3) is 0 Å². The maximum absolute atomic E-state index is 13.2. The van der Waals surface area contributed by atoms with E-state index in [2.05, 4.69) is 12.2 Å². The number of amides is 3. The van der Waals surface area contributed by atoms with E-state index >= 15 is 0 Å². The van der Waals surface area contributed by atoms with Gasteiger partial charge in [-0.25, -0.2) is 4.79 Å². The molecule has 1 atom stereocenters. The second-order valence-corrected chi connectivity index (χ2v) is 8.32. The Kier molecular flexibility index (Phi) is 9.71. The molecule has 0 aliphatic heterocycles. The van der Waals surface area contributed by atoms with E-state index in [0.29, 0.717) is 19.6 Å². The fraction of sp³-hybridized carbons (Fsp3) is 0.478. The van der Waals surface area contributed by atoms with Crippen LogP contribution in [0.2, 0.25) is 0 Å². The molecule has 0 aliphatic carbocycles. The molecule has 1 aromatic heterocycles. The Labute approximate surface area is 178 Å². The van der Waals surface area contributed by atoms with Crippen molar-refractivity contribution in [2.75, 3.05) is 13.1 Å². The highest BCUT2D eigenvalue weighted by Crippen LogP contribution is 2.16. The van der Waals surface area contributed by atoms with Gasteiger partial charge < -0.3 is 15.1 Å². The quantitative estimate of drug-likeness (QED) is 0.532. The van der Waals surface area contributed by atoms with Crippen molar-refractivity contribution < 1.29 is 9.59 Å². The monoisotopic (exact) mass is 415 g/mol. The molecule has 1 N–H and O–H groups in total. The van der Waals surface area contributed by atoms with Gasteiger partial charge in [-0.05, 0) is 36.8 Å². The first-order valence-electron chi connectivity index (χ1n) is 10.4. The summed E-state index contributed by atoms with van der Waals surface area (Å²) >= 11 is 1.64. The Balaban J connectivity index is 2.12. The predicted octanol–water partition coefficient (Wildman–Crippen LogP) is 4.89. The van der Waals surface area contributed by atoms with Crippen molar-refractivity contribution in [3.05, 3.63) is 58.3 Å². The molecule has 29 heavy (non-hydrogen) atoms. The summed E-state index contributed by atoms with van der Waals surface area (Å²) < 4.78 is 0. The summed E-state index contributed by atoms with van der Waals surface area (Å²) in [5, 5.41) is 4.98. The lowest BCUT2D eigenvalue weighted by molar-refractivity contribution is -0.133. The number of hydrogen-bond donors (Lipinski definition) is 1. The van der Waals surface area contributed by atoms with E-state index in [9.17, 15) is 9.59 Å². The number of benzene rings is 1. The number of thiophene rings is 1. The first kappa shape index (κ1) is 22.9. The van der Waals surface area contributed by atoms with Crippen LogP contribution in [0.3, 0.4) is 0 Å². The van der Waals surface area contributed by atoms with Crippen LogP contribution in [-0.4, -0.2) is 40.9 Å². The Morgan fingerprint density at radius 1 is 1.07 bits per heavy atom. The van der Waals surface area contributed by atoms with Gasteiger partial charge in [-0.1, -0.05) is 56.7 Å². The lowest BCUT2D eigenvalue weighted by Gasteiger charge is -2.31. The third-order valence-electron chi connectivity index (χ3n) is 4.99. The molecule has 0 bridgehead atoms. The van der Waals surface area contributed by atoms with Gasteiger partial charge in [0.2, 0.25) is 5.91 Å². The molecule has 0 spiro atoms. The molecule has 158 valence electrons. The minimum absolute atomic E-state index is 0.000824. The van der Waals surface area contributed by atoms with E-state index in [1.165, 1.54) is 0 Å². The Morgan fingerprint density at radius 3 is 2.45 bits per heavy atom. The van der Waals surface area contributed by atoms with Gasteiger partial charge in [-0.2, -0.15) is 0 Å². The summed E-state index contributed by atoms with van der Waals surface area (Å²) in [7, 11) is 0. The van der Waals surface area contributed by atoms with Crippen molar-refractivity contribution in [3.63, 3.8) is 0 Å². The van der Waals surface area contributed by atoms with Crippen molar-refractivity contribution in [2.24, 2.45) is 0 Å². The molecular weight excluding hydrogens is 382 g/mol. The number of hydrogen-bond acceptors (Lipinski definition) is 3. The second-order valence-electron chi connectivity index (χ2n) is 7.29. The van der Waals surface area contributed by atoms with E-state index in [1.807, 2.05) is 66.6 Å². The summed E-state index contributed by atoms with van der Waals surface area (Å²) in [5.74, 6) is -0.0341. The summed E-state index contributed by atoms with van der Waals surface area (Å²) in [4.78, 5) is 30.6. The highest BCUT2D eigenvalue weighted by atomic mass is 32.1. The van der Waals surface area contributed by atoms with Crippen molar-refractivity contribution >= 4 is 23.3 Å². The van der Waals surface area contributed by atoms with Crippen molar-refractivity contribution in [2.45, 2.75) is 59.2 Å². The van der Waals surface area contributed by atoms with Gasteiger partial charge in [-0.15, -0.1) is 11.3 Å². The number of rotatable bonds is 11. The largest absolute Gasteiger partial charge is 0.338 e. The maximum atomic E-state index is 13.2. The smallest absolute Gasteiger partial charge is 0.318 e. The fourth-order valence-electron chi connectivity index (χ4n) is 2.99. The highest BCUT2D eigenvalue weighted by Gasteiger charge is 2.25. The van der Waals surface area contributed by atoms with E-state index in [1.54, 1.807) is 16.2 Å². The van der Waals surface area contributed by atoms with Crippen LogP contribution < -0.4 is 5.32 Å². The van der Waals surface area contributed by atoms with Crippen LogP contribution in [-0.2, 0) is 17.9 Å². The molecule has 0 aliphatic rings. The third kappa shape index (κ3) is 7.54. The number of nitrogens with one attached hydrogen (secondary N) is 1. The number of nitrogens with zero attached hydrogens (tertiary/aromatic N) is 2. The van der Waals surface area contributed by atoms with Crippen molar-refractivity contribution in [3.8, 4) is 0 Å². The van der Waals surface area contributed by atoms with E-state index in [4.69, 9.17) is 0 Å². The van der Waals surface area contributed by atoms with Crippen LogP contribution >= 0.6 is 11.3 Å². The third-order valence-corrected chi connectivity index (χ3v) is 5.85. The summed E-state index contributed by atoms with van der Waals surface area (Å²) in [6, 6.07) is 13.9. The molecule has 6 heteroatoms. The average molecular weight is 416 g/mol. The minimum Gasteiger partial charge on any atom is -0.338 e. The van der Waals surface area contributed by atoms with Gasteiger partial charge in [0.05, 0.1) is 6.54 Å². The predicted molar refractivity (Wildman–Crippen MR) is 120 cm³/mol. The summed E-state index contributed by atoms with van der Waals surface area (Å²) in [5.41, 5.74) is 1.08. The van der Waals surface area contributed by atoms with Gasteiger partial charge in [0.15, 0.2) is 0 Å². The zero-order valence-corrected chi connectivity index (χ0v) is 18.6. The first-order valence-corrected chi connectivity index (χ1v) is 11.3. The van der Waals surface area contributed by atoms with Gasteiger partial charge in [-0.3, -0.25) is 4.79 Å². The molecule has 5 nitrogen and oxygen atoms in total. The van der Waals surface area contributed by atoms with E-state index in [0.717, 1.165) is 29.7 Å². The molecule has 0 fully saturated rings. The number of unbranched alkanes of at least 4 members (excludes halogenated alkanes) is 1. The number of carbonyl (C=O) groups is 2. The van der Waals surface area contributed by atoms with Crippen LogP contribution in [0, 0.1) is 0 Å². The van der Waals surface area contributed by atoms with Crippen molar-refractivity contribution in [1.29, 1.82) is 0 Å². The summed E-state index contributed by atoms with van der Waals surface area (Å²) in [6.45, 7) is 7.93. The van der Waals surface area contributed by atoms with Crippen LogP contribution in [0.4, 0.5) is 4.79 Å². The first-order chi connectivity index (χ1) is 14.0. The normalized spacial score (nSPS) is 11.7. The number of urea groups is 1. The molecule has 2 aromatic rings. The average Bonchev–Trinajstić information content (AvgIpc) is 3.24. The molecule has 3 amide bonds. The molecule has 1 aromatic carbocycles. The lowest BCUT2D eigenvalue weighted by Crippen LogP contribution is -2.50. The molecule has 0 saturated heterocycles. The van der Waals surface area contributed by atoms with Gasteiger partial charge in [0, 0.05) is 24.0 Å². The lowest BCUT2D eigenvalue weighted by atomic mass is 10.2. The SMILES string of the molecule is CCCCNC(=O)N(CC(=O)N(Cc1ccccc1)Cc1cccs1)C(C)CC. The van der Waals surface area contributed by atoms with Crippen LogP contribution in [0.5, 0.6) is 0 Å². The zero-order valence-electron chi connectivity index (χ0n) is 17.8. The molecule has 0 radical (unpaired) electrons.